The number of phosphoric acid groups is 2. The van der Waals surface area contributed by atoms with Crippen LogP contribution in [-0.4, -0.2) is 96.7 Å². The van der Waals surface area contributed by atoms with E-state index in [0.29, 0.717) is 25.7 Å². The van der Waals surface area contributed by atoms with Gasteiger partial charge in [-0.2, -0.15) is 0 Å². The molecule has 0 saturated carbocycles. The maximum atomic E-state index is 13.1. The van der Waals surface area contributed by atoms with Gasteiger partial charge < -0.3 is 33.8 Å². The average Bonchev–Trinajstić information content (AvgIpc) is 1.05. The van der Waals surface area contributed by atoms with Gasteiger partial charge in [-0.3, -0.25) is 37.3 Å². The van der Waals surface area contributed by atoms with Gasteiger partial charge in [0.15, 0.2) is 12.2 Å². The van der Waals surface area contributed by atoms with Crippen LogP contribution in [0.15, 0.2) is 0 Å². The molecule has 0 aliphatic carbocycles. The maximum absolute atomic E-state index is 13.1. The standard InChI is InChI=1S/C84H164O17P2/c1-7-10-12-14-16-18-20-21-22-23-24-25-26-31-34-37-44-50-56-62-68-83(88)100-80(73-95-82(87)67-61-55-49-43-36-33-30-28-27-29-32-35-40-46-52-58-64-76(4)5)75-99-103(92,93)97-71-78(85)70-96-102(90,91)98-74-79(72-94-81(86)66-60-54-48-42-19-17-15-13-11-8-2)101-84(89)69-63-57-51-45-39-38-41-47-53-59-65-77(6)9-3/h76-80,85H,7-75H2,1-6H3,(H,90,91)(H,92,93)/t77?,78-,79+,80+/m0/s1. The molecule has 0 aromatic carbocycles. The van der Waals surface area contributed by atoms with Crippen LogP contribution in [0.1, 0.15) is 446 Å². The van der Waals surface area contributed by atoms with Gasteiger partial charge in [0, 0.05) is 25.7 Å². The van der Waals surface area contributed by atoms with E-state index in [4.69, 9.17) is 37.0 Å². The minimum atomic E-state index is -4.96. The molecular formula is C84H164O17P2. The molecule has 0 heterocycles. The van der Waals surface area contributed by atoms with Crippen molar-refractivity contribution in [2.24, 2.45) is 11.8 Å². The molecule has 0 aliphatic rings. The Morgan fingerprint density at radius 1 is 0.282 bits per heavy atom. The highest BCUT2D eigenvalue weighted by Gasteiger charge is 2.30. The lowest BCUT2D eigenvalue weighted by Gasteiger charge is -2.21. The fraction of sp³-hybridized carbons (Fsp3) is 0.952. The fourth-order valence-corrected chi connectivity index (χ4v) is 14.6. The largest absolute Gasteiger partial charge is 0.472 e. The molecule has 0 saturated heterocycles. The number of rotatable bonds is 83. The normalized spacial score (nSPS) is 14.1. The molecule has 3 N–H and O–H groups in total. The van der Waals surface area contributed by atoms with Crippen molar-refractivity contribution in [1.29, 1.82) is 0 Å². The number of carbonyl (C=O) groups excluding carboxylic acids is 4. The second-order valence-electron chi connectivity index (χ2n) is 30.9. The van der Waals surface area contributed by atoms with Gasteiger partial charge in [0.25, 0.3) is 0 Å². The van der Waals surface area contributed by atoms with Crippen molar-refractivity contribution in [3.05, 3.63) is 0 Å². The number of hydrogen-bond acceptors (Lipinski definition) is 15. The number of aliphatic hydroxyl groups is 1. The van der Waals surface area contributed by atoms with Gasteiger partial charge in [0.2, 0.25) is 0 Å². The Bertz CT molecular complexity index is 1980. The Morgan fingerprint density at radius 3 is 0.738 bits per heavy atom. The zero-order valence-corrected chi connectivity index (χ0v) is 69.4. The molecule has 0 rings (SSSR count). The predicted octanol–water partition coefficient (Wildman–Crippen LogP) is 25.5. The van der Waals surface area contributed by atoms with Gasteiger partial charge in [-0.15, -0.1) is 0 Å². The van der Waals surface area contributed by atoms with Crippen LogP contribution in [0.25, 0.3) is 0 Å². The lowest BCUT2D eigenvalue weighted by Crippen LogP contribution is -2.30. The predicted molar refractivity (Wildman–Crippen MR) is 423 cm³/mol. The molecule has 0 bridgehead atoms. The molecule has 103 heavy (non-hydrogen) atoms. The van der Waals surface area contributed by atoms with E-state index in [1.54, 1.807) is 0 Å². The summed E-state index contributed by atoms with van der Waals surface area (Å²) in [6, 6.07) is 0. The van der Waals surface area contributed by atoms with Crippen molar-refractivity contribution in [2.45, 2.75) is 464 Å². The van der Waals surface area contributed by atoms with E-state index in [0.717, 1.165) is 102 Å². The Morgan fingerprint density at radius 2 is 0.495 bits per heavy atom. The molecule has 19 heteroatoms. The number of phosphoric ester groups is 2. The summed E-state index contributed by atoms with van der Waals surface area (Å²) in [6.07, 6.45) is 66.6. The van der Waals surface area contributed by atoms with Gasteiger partial charge in [-0.1, -0.05) is 395 Å². The monoisotopic (exact) mass is 1510 g/mol. The van der Waals surface area contributed by atoms with Crippen LogP contribution in [0.4, 0.5) is 0 Å². The summed E-state index contributed by atoms with van der Waals surface area (Å²) in [4.78, 5) is 73.1. The van der Waals surface area contributed by atoms with Gasteiger partial charge in [-0.05, 0) is 37.5 Å². The van der Waals surface area contributed by atoms with E-state index in [2.05, 4.69) is 41.5 Å². The first-order valence-electron chi connectivity index (χ1n) is 43.5. The topological polar surface area (TPSA) is 237 Å². The first-order valence-corrected chi connectivity index (χ1v) is 46.5. The summed E-state index contributed by atoms with van der Waals surface area (Å²) in [6.45, 7) is 9.70. The molecule has 0 aliphatic heterocycles. The highest BCUT2D eigenvalue weighted by molar-refractivity contribution is 7.47. The Balaban J connectivity index is 5.23. The van der Waals surface area contributed by atoms with E-state index in [1.165, 1.54) is 263 Å². The fourth-order valence-electron chi connectivity index (χ4n) is 13.0. The van der Waals surface area contributed by atoms with Crippen molar-refractivity contribution in [3.8, 4) is 0 Å². The molecule has 0 aromatic heterocycles. The zero-order valence-electron chi connectivity index (χ0n) is 67.6. The second kappa shape index (κ2) is 75.5. The van der Waals surface area contributed by atoms with Gasteiger partial charge in [0.1, 0.15) is 19.3 Å². The summed E-state index contributed by atoms with van der Waals surface area (Å²) in [7, 11) is -9.92. The number of ether oxygens (including phenoxy) is 4. The Labute approximate surface area is 632 Å². The zero-order chi connectivity index (χ0) is 75.6. The molecular weight excluding hydrogens is 1340 g/mol. The van der Waals surface area contributed by atoms with E-state index in [1.807, 2.05) is 0 Å². The third kappa shape index (κ3) is 76.6. The smallest absolute Gasteiger partial charge is 0.462 e. The lowest BCUT2D eigenvalue weighted by molar-refractivity contribution is -0.161. The number of aliphatic hydroxyl groups excluding tert-OH is 1. The van der Waals surface area contributed by atoms with Crippen LogP contribution >= 0.6 is 15.6 Å². The molecule has 3 unspecified atom stereocenters. The first kappa shape index (κ1) is 101. The van der Waals surface area contributed by atoms with Crippen molar-refractivity contribution in [2.75, 3.05) is 39.6 Å². The number of unbranched alkanes of at least 4 members (excludes halogenated alkanes) is 52. The highest BCUT2D eigenvalue weighted by Crippen LogP contribution is 2.45. The van der Waals surface area contributed by atoms with Gasteiger partial charge in [-0.25, -0.2) is 9.13 Å². The summed E-state index contributed by atoms with van der Waals surface area (Å²) in [5.74, 6) is -0.489. The summed E-state index contributed by atoms with van der Waals surface area (Å²) >= 11 is 0. The Kier molecular flexibility index (Phi) is 74.1. The number of hydrogen-bond donors (Lipinski definition) is 3. The van der Waals surface area contributed by atoms with Crippen LogP contribution in [0.2, 0.25) is 0 Å². The van der Waals surface area contributed by atoms with E-state index in [-0.39, 0.29) is 25.7 Å². The van der Waals surface area contributed by atoms with Crippen molar-refractivity contribution in [1.82, 2.24) is 0 Å². The molecule has 0 spiro atoms. The number of carbonyl (C=O) groups is 4. The van der Waals surface area contributed by atoms with Crippen molar-refractivity contribution in [3.63, 3.8) is 0 Å². The molecule has 612 valence electrons. The van der Waals surface area contributed by atoms with Crippen LogP contribution in [0, 0.1) is 11.8 Å². The molecule has 6 atom stereocenters. The summed E-state index contributed by atoms with van der Waals surface area (Å²) in [5, 5.41) is 10.7. The molecule has 0 fully saturated rings. The van der Waals surface area contributed by atoms with Gasteiger partial charge in [0.05, 0.1) is 26.4 Å². The second-order valence-corrected chi connectivity index (χ2v) is 33.8. The van der Waals surface area contributed by atoms with Crippen LogP contribution in [0.3, 0.4) is 0 Å². The van der Waals surface area contributed by atoms with Crippen LogP contribution in [-0.2, 0) is 65.4 Å². The van der Waals surface area contributed by atoms with Crippen molar-refractivity contribution < 1.29 is 80.2 Å². The van der Waals surface area contributed by atoms with Crippen LogP contribution < -0.4 is 0 Å². The maximum Gasteiger partial charge on any atom is 0.472 e. The van der Waals surface area contributed by atoms with E-state index >= 15 is 0 Å². The third-order valence-corrected chi connectivity index (χ3v) is 22.0. The van der Waals surface area contributed by atoms with Crippen molar-refractivity contribution >= 4 is 39.5 Å². The van der Waals surface area contributed by atoms with E-state index < -0.39 is 97.5 Å². The average molecular weight is 1510 g/mol. The number of esters is 4. The summed E-state index contributed by atoms with van der Waals surface area (Å²) in [5.41, 5.74) is 0. The summed E-state index contributed by atoms with van der Waals surface area (Å²) < 4.78 is 68.8. The minimum Gasteiger partial charge on any atom is -0.462 e. The van der Waals surface area contributed by atoms with Crippen LogP contribution in [0.5, 0.6) is 0 Å². The highest BCUT2D eigenvalue weighted by atomic mass is 31.2. The quantitative estimate of drug-likeness (QED) is 0.0222. The SMILES string of the molecule is CCCCCCCCCCCCCCCCCCCCCCC(=O)O[C@H](COC(=O)CCCCCCCCCCCCCCCCCCC(C)C)COP(=O)(O)OC[C@@H](O)COP(=O)(O)OC[C@@H](COC(=O)CCCCCCCCCCCC)OC(=O)CCCCCCCCCCCCC(C)CC. The third-order valence-electron chi connectivity index (χ3n) is 20.1. The minimum absolute atomic E-state index is 0.107. The van der Waals surface area contributed by atoms with Gasteiger partial charge >= 0.3 is 39.5 Å². The molecule has 0 amide bonds. The first-order chi connectivity index (χ1) is 49.9. The molecule has 17 nitrogen and oxygen atoms in total. The lowest BCUT2D eigenvalue weighted by atomic mass is 9.99. The Hall–Kier alpha value is -1.94. The molecule has 0 aromatic rings. The molecule has 0 radical (unpaired) electrons. The van der Waals surface area contributed by atoms with E-state index in [9.17, 15) is 43.2 Å².